The summed E-state index contributed by atoms with van der Waals surface area (Å²) in [5.41, 5.74) is 1.82. The van der Waals surface area contributed by atoms with Crippen LogP contribution in [0.2, 0.25) is 0 Å². The average molecular weight is 993 g/mol. The number of nitrogens with one attached hydrogen (secondary N) is 1. The fourth-order valence-electron chi connectivity index (χ4n) is 9.93. The lowest BCUT2D eigenvalue weighted by atomic mass is 9.81. The Balaban J connectivity index is 1.21. The zero-order valence-electron chi connectivity index (χ0n) is 42.5. The van der Waals surface area contributed by atoms with Gasteiger partial charge in [0.05, 0.1) is 50.3 Å². The van der Waals surface area contributed by atoms with Gasteiger partial charge < -0.3 is 29.1 Å². The molecule has 4 heterocycles. The van der Waals surface area contributed by atoms with Crippen LogP contribution in [0.4, 0.5) is 0 Å². The fraction of sp³-hybridized carbons (Fsp3) is 0.647. The Bertz CT molecular complexity index is 2260. The molecule has 3 aliphatic rings. The Kier molecular flexibility index (Phi) is 20.5. The number of nitrogens with zero attached hydrogens (tertiary/aromatic N) is 7. The molecule has 5 rings (SSSR count). The molecule has 0 spiro atoms. The van der Waals surface area contributed by atoms with Gasteiger partial charge in [-0.3, -0.25) is 38.2 Å². The van der Waals surface area contributed by atoms with Crippen LogP contribution in [0.5, 0.6) is 0 Å². The number of likely N-dealkylation sites (N-methyl/N-ethyl adjacent to an activating group) is 1. The molecule has 19 heteroatoms. The highest BCUT2D eigenvalue weighted by molar-refractivity contribution is 7.90. The van der Waals surface area contributed by atoms with Gasteiger partial charge in [0.1, 0.15) is 11.5 Å². The summed E-state index contributed by atoms with van der Waals surface area (Å²) in [7, 11) is -0.814. The number of amides is 5. The third-order valence-electron chi connectivity index (χ3n) is 14.6. The summed E-state index contributed by atoms with van der Waals surface area (Å²) in [6.07, 6.45) is 6.29. The first-order valence-corrected chi connectivity index (χ1v) is 26.5. The standard InChI is InChI=1S/C51H76N8O10S/c1-10-35(4)49(55(8)51(65)42(34(2)3)30-47(62)56-23-25-69-26-24-56)45(68-9)31-48(63)58-22-14-18-43(58)37(6)38(7)44(60)29-40(28-39-16-12-11-13-17-39)50(64)53-70(66,67)27-15-21-57-32-41(52-54-57)33-59-36(5)19-20-46(59)61/h11-13,16-17,19-20,32,34-35,37-38,40,42-43,45,49H,5,10,14-15,18,21-31,33H2,1-4,6-9H3,(H,53,64)/t35-,37+,38+,40+,42-,43-,45+,49-/m0/s1. The van der Waals surface area contributed by atoms with Gasteiger partial charge in [-0.1, -0.05) is 90.1 Å². The van der Waals surface area contributed by atoms with Crippen LogP contribution in [-0.2, 0) is 67.8 Å². The number of carbonyl (C=O) groups excluding carboxylic acids is 6. The maximum absolute atomic E-state index is 14.4. The number of carbonyl (C=O) groups is 6. The van der Waals surface area contributed by atoms with E-state index >= 15 is 0 Å². The van der Waals surface area contributed by atoms with Gasteiger partial charge in [-0.15, -0.1) is 5.10 Å². The quantitative estimate of drug-likeness (QED) is 0.139. The molecule has 2 fully saturated rings. The molecule has 0 radical (unpaired) electrons. The number of ketones is 1. The topological polar surface area (TPSA) is 211 Å². The number of morpholine rings is 1. The number of Topliss-reactive ketones (excluding diaryl/α,β-unsaturated/α-hetero) is 1. The number of sulfonamides is 1. The second-order valence-electron chi connectivity index (χ2n) is 19.7. The summed E-state index contributed by atoms with van der Waals surface area (Å²) in [4.78, 5) is 88.9. The van der Waals surface area contributed by atoms with Gasteiger partial charge in [-0.05, 0) is 55.1 Å². The van der Waals surface area contributed by atoms with Crippen LogP contribution in [0.3, 0.4) is 0 Å². The minimum Gasteiger partial charge on any atom is -0.379 e. The monoisotopic (exact) mass is 993 g/mol. The van der Waals surface area contributed by atoms with Crippen LogP contribution in [0.25, 0.3) is 0 Å². The van der Waals surface area contributed by atoms with Gasteiger partial charge in [-0.2, -0.15) is 0 Å². The van der Waals surface area contributed by atoms with Crippen LogP contribution in [0, 0.1) is 35.5 Å². The van der Waals surface area contributed by atoms with E-state index in [0.717, 1.165) is 18.4 Å². The smallest absolute Gasteiger partial charge is 0.251 e. The molecule has 0 bridgehead atoms. The van der Waals surface area contributed by atoms with Gasteiger partial charge in [0.25, 0.3) is 5.91 Å². The van der Waals surface area contributed by atoms with Crippen molar-refractivity contribution in [2.24, 2.45) is 35.5 Å². The molecular formula is C51H76N8O10S. The lowest BCUT2D eigenvalue weighted by Crippen LogP contribution is -2.53. The maximum Gasteiger partial charge on any atom is 0.251 e. The highest BCUT2D eigenvalue weighted by Crippen LogP contribution is 2.33. The molecule has 70 heavy (non-hydrogen) atoms. The van der Waals surface area contributed by atoms with Crippen molar-refractivity contribution in [3.05, 3.63) is 72.2 Å². The van der Waals surface area contributed by atoms with Crippen molar-refractivity contribution in [3.8, 4) is 0 Å². The summed E-state index contributed by atoms with van der Waals surface area (Å²) in [5, 5.41) is 8.13. The molecule has 3 aliphatic heterocycles. The highest BCUT2D eigenvalue weighted by Gasteiger charge is 2.42. The van der Waals surface area contributed by atoms with E-state index in [4.69, 9.17) is 9.47 Å². The van der Waals surface area contributed by atoms with E-state index in [0.29, 0.717) is 50.7 Å². The maximum atomic E-state index is 14.4. The Morgan fingerprint density at radius 2 is 1.67 bits per heavy atom. The second-order valence-corrected chi connectivity index (χ2v) is 21.6. The number of allylic oxidation sites excluding steroid dienone is 1. The number of hydrogen-bond acceptors (Lipinski definition) is 12. The zero-order valence-corrected chi connectivity index (χ0v) is 43.3. The molecule has 2 saturated heterocycles. The number of benzene rings is 1. The molecule has 0 aliphatic carbocycles. The van der Waals surface area contributed by atoms with Crippen molar-refractivity contribution in [3.63, 3.8) is 0 Å². The molecule has 1 aromatic carbocycles. The SMILES string of the molecule is C=C1C=CC(=O)N1Cc1cn(CCCS(=O)(=O)NC(=O)[C@@H](CC(=O)[C@H](C)[C@@H](C)[C@@H]2CCCN2C(=O)C[C@@H](OC)[C@H]([C@@H](C)CC)N(C)C(=O)[C@@H](CC(=O)N2CCOCC2)C(C)C)Cc2ccccc2)nn1. The van der Waals surface area contributed by atoms with Crippen LogP contribution in [-0.4, -0.2) is 149 Å². The van der Waals surface area contributed by atoms with E-state index < -0.39 is 45.8 Å². The molecule has 0 saturated carbocycles. The van der Waals surface area contributed by atoms with E-state index in [1.807, 2.05) is 69.9 Å². The van der Waals surface area contributed by atoms with Gasteiger partial charge in [0.2, 0.25) is 33.7 Å². The lowest BCUT2D eigenvalue weighted by molar-refractivity contribution is -0.150. The predicted molar refractivity (Wildman–Crippen MR) is 263 cm³/mol. The Labute approximate surface area is 414 Å². The molecule has 2 aromatic rings. The number of aromatic nitrogens is 3. The fourth-order valence-corrected chi connectivity index (χ4v) is 11.0. The van der Waals surface area contributed by atoms with Crippen molar-refractivity contribution in [2.75, 3.05) is 52.8 Å². The minimum absolute atomic E-state index is 0.0106. The molecule has 386 valence electrons. The molecule has 5 amide bonds. The van der Waals surface area contributed by atoms with E-state index in [-0.39, 0.29) is 104 Å². The van der Waals surface area contributed by atoms with Crippen molar-refractivity contribution >= 4 is 45.3 Å². The lowest BCUT2D eigenvalue weighted by Gasteiger charge is -2.41. The normalized spacial score (nSPS) is 19.4. The third-order valence-corrected chi connectivity index (χ3v) is 16.0. The molecule has 1 N–H and O–H groups in total. The summed E-state index contributed by atoms with van der Waals surface area (Å²) in [6, 6.07) is 8.40. The van der Waals surface area contributed by atoms with Gasteiger partial charge in [0.15, 0.2) is 0 Å². The Morgan fingerprint density at radius 3 is 2.30 bits per heavy atom. The predicted octanol–water partition coefficient (Wildman–Crippen LogP) is 4.41. The number of hydrogen-bond donors (Lipinski definition) is 1. The van der Waals surface area contributed by atoms with Crippen LogP contribution < -0.4 is 4.72 Å². The number of aryl methyl sites for hydroxylation is 1. The van der Waals surface area contributed by atoms with E-state index in [1.165, 1.54) is 15.7 Å². The highest BCUT2D eigenvalue weighted by atomic mass is 32.2. The summed E-state index contributed by atoms with van der Waals surface area (Å²) >= 11 is 0. The molecule has 1 aromatic heterocycles. The first-order chi connectivity index (χ1) is 33.2. The Hall–Kier alpha value is -5.27. The second kappa shape index (κ2) is 25.7. The van der Waals surface area contributed by atoms with E-state index in [1.54, 1.807) is 43.2 Å². The number of rotatable bonds is 26. The zero-order chi connectivity index (χ0) is 51.3. The van der Waals surface area contributed by atoms with Crippen molar-refractivity contribution < 1.29 is 46.7 Å². The first kappa shape index (κ1) is 55.7. The van der Waals surface area contributed by atoms with Crippen LogP contribution in [0.15, 0.2) is 61.0 Å². The van der Waals surface area contributed by atoms with Gasteiger partial charge in [0, 0.05) is 88.7 Å². The number of likely N-dealkylation sites (tertiary alicyclic amines) is 1. The van der Waals surface area contributed by atoms with Crippen molar-refractivity contribution in [1.29, 1.82) is 0 Å². The molecular weight excluding hydrogens is 917 g/mol. The first-order valence-electron chi connectivity index (χ1n) is 24.9. The van der Waals surface area contributed by atoms with Crippen molar-refractivity contribution in [2.45, 2.75) is 124 Å². The van der Waals surface area contributed by atoms with Crippen LogP contribution >= 0.6 is 0 Å². The average Bonchev–Trinajstić information content (AvgIpc) is 4.10. The number of methoxy groups -OCH3 is 1. The molecule has 8 atom stereocenters. The van der Waals surface area contributed by atoms with Gasteiger partial charge >= 0.3 is 0 Å². The van der Waals surface area contributed by atoms with E-state index in [2.05, 4.69) is 21.6 Å². The Morgan fingerprint density at radius 1 is 0.971 bits per heavy atom. The summed E-state index contributed by atoms with van der Waals surface area (Å²) in [6.45, 7) is 18.4. The summed E-state index contributed by atoms with van der Waals surface area (Å²) in [5.74, 6) is -4.51. The molecule has 0 unspecified atom stereocenters. The molecule has 18 nitrogen and oxygen atoms in total. The largest absolute Gasteiger partial charge is 0.379 e. The van der Waals surface area contributed by atoms with Crippen molar-refractivity contribution in [1.82, 2.24) is 39.3 Å². The minimum atomic E-state index is -4.11. The van der Waals surface area contributed by atoms with Crippen LogP contribution in [0.1, 0.15) is 97.7 Å². The number of ether oxygens (including phenoxy) is 2. The van der Waals surface area contributed by atoms with Gasteiger partial charge in [-0.25, -0.2) is 8.42 Å². The summed E-state index contributed by atoms with van der Waals surface area (Å²) < 4.78 is 41.8. The third kappa shape index (κ3) is 14.9. The van der Waals surface area contributed by atoms with E-state index in [9.17, 15) is 37.2 Å².